The molecule has 3 rings (SSSR count). The summed E-state index contributed by atoms with van der Waals surface area (Å²) in [6.45, 7) is 0.206. The molecule has 0 aliphatic rings. The van der Waals surface area contributed by atoms with Crippen LogP contribution >= 0.6 is 0 Å². The van der Waals surface area contributed by atoms with E-state index in [1.54, 1.807) is 11.7 Å². The molecule has 104 valence electrons. The largest absolute Gasteiger partial charge is 0.435 e. The predicted molar refractivity (Wildman–Crippen MR) is 67.0 cm³/mol. The topological polar surface area (TPSA) is 35.6 Å². The van der Waals surface area contributed by atoms with Crippen LogP contribution in [-0.4, -0.2) is 19.6 Å². The molecular weight excluding hydrogens is 269 g/mol. The van der Waals surface area contributed by atoms with E-state index >= 15 is 0 Å². The lowest BCUT2D eigenvalue weighted by atomic mass is 10.2. The van der Waals surface area contributed by atoms with Gasteiger partial charge in [0.2, 0.25) is 0 Å². The van der Waals surface area contributed by atoms with E-state index in [1.165, 1.54) is 10.9 Å². The van der Waals surface area contributed by atoms with Crippen LogP contribution in [0.1, 0.15) is 11.4 Å². The molecule has 0 spiro atoms. The molecule has 0 aliphatic heterocycles. The molecule has 20 heavy (non-hydrogen) atoms. The van der Waals surface area contributed by atoms with Gasteiger partial charge in [0.1, 0.15) is 0 Å². The molecule has 2 heterocycles. The Labute approximate surface area is 112 Å². The SMILES string of the molecule is Cn1nc(Cn2ccc(C(F)(F)F)n2)c2ccccc21. The number of aromatic nitrogens is 4. The number of aryl methyl sites for hydroxylation is 1. The van der Waals surface area contributed by atoms with E-state index < -0.39 is 11.9 Å². The third-order valence-corrected chi connectivity index (χ3v) is 3.08. The fourth-order valence-corrected chi connectivity index (χ4v) is 2.16. The lowest BCUT2D eigenvalue weighted by molar-refractivity contribution is -0.141. The van der Waals surface area contributed by atoms with Gasteiger partial charge in [0.15, 0.2) is 5.69 Å². The Kier molecular flexibility index (Phi) is 2.77. The van der Waals surface area contributed by atoms with Gasteiger partial charge in [-0.15, -0.1) is 0 Å². The lowest BCUT2D eigenvalue weighted by Crippen LogP contribution is -2.08. The summed E-state index contributed by atoms with van der Waals surface area (Å²) in [7, 11) is 1.80. The van der Waals surface area contributed by atoms with Crippen LogP contribution in [0.4, 0.5) is 13.2 Å². The number of para-hydroxylation sites is 1. The number of nitrogens with zero attached hydrogens (tertiary/aromatic N) is 4. The third kappa shape index (κ3) is 2.15. The molecule has 0 saturated heterocycles. The first-order valence-corrected chi connectivity index (χ1v) is 5.96. The van der Waals surface area contributed by atoms with Crippen molar-refractivity contribution in [1.82, 2.24) is 19.6 Å². The third-order valence-electron chi connectivity index (χ3n) is 3.08. The highest BCUT2D eigenvalue weighted by Crippen LogP contribution is 2.27. The van der Waals surface area contributed by atoms with E-state index in [0.29, 0.717) is 5.69 Å². The van der Waals surface area contributed by atoms with Crippen LogP contribution in [0.3, 0.4) is 0 Å². The maximum atomic E-state index is 12.5. The van der Waals surface area contributed by atoms with Crippen molar-refractivity contribution >= 4 is 10.9 Å². The first-order valence-electron chi connectivity index (χ1n) is 5.96. The number of fused-ring (bicyclic) bond motifs is 1. The Bertz CT molecular complexity index is 754. The smallest absolute Gasteiger partial charge is 0.268 e. The summed E-state index contributed by atoms with van der Waals surface area (Å²) in [6.07, 6.45) is -3.11. The average Bonchev–Trinajstić information content (AvgIpc) is 2.97. The van der Waals surface area contributed by atoms with Crippen molar-refractivity contribution in [1.29, 1.82) is 0 Å². The first-order chi connectivity index (χ1) is 9.45. The molecule has 7 heteroatoms. The summed E-state index contributed by atoms with van der Waals surface area (Å²) in [5.74, 6) is 0. The fraction of sp³-hybridized carbons (Fsp3) is 0.231. The van der Waals surface area contributed by atoms with Gasteiger partial charge < -0.3 is 0 Å². The van der Waals surface area contributed by atoms with Gasteiger partial charge in [0.25, 0.3) is 0 Å². The summed E-state index contributed by atoms with van der Waals surface area (Å²) in [5, 5.41) is 8.78. The van der Waals surface area contributed by atoms with Gasteiger partial charge in [-0.1, -0.05) is 18.2 Å². The maximum Gasteiger partial charge on any atom is 0.435 e. The normalized spacial score (nSPS) is 12.2. The van der Waals surface area contributed by atoms with E-state index in [4.69, 9.17) is 0 Å². The molecule has 0 aliphatic carbocycles. The number of halogens is 3. The Morgan fingerprint density at radius 1 is 1.10 bits per heavy atom. The molecule has 0 atom stereocenters. The van der Waals surface area contributed by atoms with E-state index in [1.807, 2.05) is 24.3 Å². The van der Waals surface area contributed by atoms with Gasteiger partial charge in [-0.2, -0.15) is 23.4 Å². The Morgan fingerprint density at radius 2 is 1.85 bits per heavy atom. The molecule has 0 unspecified atom stereocenters. The average molecular weight is 280 g/mol. The van der Waals surface area contributed by atoms with Crippen molar-refractivity contribution in [3.8, 4) is 0 Å². The highest BCUT2D eigenvalue weighted by molar-refractivity contribution is 5.81. The number of benzene rings is 1. The van der Waals surface area contributed by atoms with Crippen molar-refractivity contribution < 1.29 is 13.2 Å². The van der Waals surface area contributed by atoms with Crippen molar-refractivity contribution in [3.63, 3.8) is 0 Å². The van der Waals surface area contributed by atoms with Gasteiger partial charge in [-0.25, -0.2) is 0 Å². The minimum atomic E-state index is -4.42. The van der Waals surface area contributed by atoms with Crippen LogP contribution in [-0.2, 0) is 19.8 Å². The van der Waals surface area contributed by atoms with Gasteiger partial charge >= 0.3 is 6.18 Å². The van der Waals surface area contributed by atoms with Crippen LogP contribution in [0.5, 0.6) is 0 Å². The Morgan fingerprint density at radius 3 is 2.55 bits per heavy atom. The van der Waals surface area contributed by atoms with E-state index in [-0.39, 0.29) is 6.54 Å². The summed E-state index contributed by atoms with van der Waals surface area (Å²) >= 11 is 0. The molecule has 4 nitrogen and oxygen atoms in total. The second-order valence-electron chi connectivity index (χ2n) is 4.48. The fourth-order valence-electron chi connectivity index (χ4n) is 2.16. The zero-order chi connectivity index (χ0) is 14.3. The molecule has 1 aromatic carbocycles. The quantitative estimate of drug-likeness (QED) is 0.723. The lowest BCUT2D eigenvalue weighted by Gasteiger charge is -2.01. The van der Waals surface area contributed by atoms with E-state index in [9.17, 15) is 13.2 Å². The van der Waals surface area contributed by atoms with Crippen LogP contribution in [0.15, 0.2) is 36.5 Å². The second kappa shape index (κ2) is 4.36. The van der Waals surface area contributed by atoms with Crippen LogP contribution < -0.4 is 0 Å². The van der Waals surface area contributed by atoms with Gasteiger partial charge in [0, 0.05) is 18.6 Å². The molecular formula is C13H11F3N4. The summed E-state index contributed by atoms with van der Waals surface area (Å²) in [6, 6.07) is 8.54. The predicted octanol–water partition coefficient (Wildman–Crippen LogP) is 2.84. The standard InChI is InChI=1S/C13H11F3N4/c1-19-11-5-3-2-4-9(11)10(17-19)8-20-7-6-12(18-20)13(14,15)16/h2-7H,8H2,1H3. The van der Waals surface area contributed by atoms with Crippen molar-refractivity contribution in [3.05, 3.63) is 47.9 Å². The van der Waals surface area contributed by atoms with Crippen molar-refractivity contribution in [2.24, 2.45) is 7.05 Å². The Balaban J connectivity index is 1.96. The summed E-state index contributed by atoms with van der Waals surface area (Å²) < 4.78 is 40.5. The highest BCUT2D eigenvalue weighted by atomic mass is 19.4. The monoisotopic (exact) mass is 280 g/mol. The van der Waals surface area contributed by atoms with E-state index in [0.717, 1.165) is 17.0 Å². The molecule has 3 aromatic rings. The van der Waals surface area contributed by atoms with Crippen LogP contribution in [0, 0.1) is 0 Å². The highest BCUT2D eigenvalue weighted by Gasteiger charge is 2.33. The van der Waals surface area contributed by atoms with Gasteiger partial charge in [-0.3, -0.25) is 9.36 Å². The van der Waals surface area contributed by atoms with Crippen LogP contribution in [0.2, 0.25) is 0 Å². The molecule has 0 bridgehead atoms. The minimum absolute atomic E-state index is 0.206. The van der Waals surface area contributed by atoms with E-state index in [2.05, 4.69) is 10.2 Å². The van der Waals surface area contributed by atoms with Crippen LogP contribution in [0.25, 0.3) is 10.9 Å². The Hall–Kier alpha value is -2.31. The van der Waals surface area contributed by atoms with Gasteiger partial charge in [0.05, 0.1) is 17.8 Å². The minimum Gasteiger partial charge on any atom is -0.268 e. The molecule has 0 N–H and O–H groups in total. The number of hydrogen-bond donors (Lipinski definition) is 0. The van der Waals surface area contributed by atoms with Crippen molar-refractivity contribution in [2.75, 3.05) is 0 Å². The molecule has 0 amide bonds. The zero-order valence-electron chi connectivity index (χ0n) is 10.6. The number of rotatable bonds is 2. The molecule has 0 radical (unpaired) electrons. The number of alkyl halides is 3. The zero-order valence-corrected chi connectivity index (χ0v) is 10.6. The number of hydrogen-bond acceptors (Lipinski definition) is 2. The molecule has 2 aromatic heterocycles. The second-order valence-corrected chi connectivity index (χ2v) is 4.48. The molecule has 0 fully saturated rings. The summed E-state index contributed by atoms with van der Waals surface area (Å²) in [4.78, 5) is 0. The van der Waals surface area contributed by atoms with Gasteiger partial charge in [-0.05, 0) is 12.1 Å². The molecule has 0 saturated carbocycles. The first kappa shape index (κ1) is 12.7. The summed E-state index contributed by atoms with van der Waals surface area (Å²) in [5.41, 5.74) is 0.739. The maximum absolute atomic E-state index is 12.5. The van der Waals surface area contributed by atoms with Crippen molar-refractivity contribution in [2.45, 2.75) is 12.7 Å².